The van der Waals surface area contributed by atoms with E-state index in [9.17, 15) is 0 Å². The molecule has 1 unspecified atom stereocenters. The summed E-state index contributed by atoms with van der Waals surface area (Å²) in [5, 5.41) is 7.68. The standard InChI is InChI=1S/C13H25N3O/c1-6-13(4,5)14-8-11(3)17-12-9-15-16(7-2)10-12/h9-11,14H,6-8H2,1-5H3. The van der Waals surface area contributed by atoms with Crippen molar-refractivity contribution in [2.45, 2.75) is 59.2 Å². The molecule has 0 bridgehead atoms. The van der Waals surface area contributed by atoms with E-state index >= 15 is 0 Å². The highest BCUT2D eigenvalue weighted by Crippen LogP contribution is 2.11. The van der Waals surface area contributed by atoms with Gasteiger partial charge >= 0.3 is 0 Å². The Morgan fingerprint density at radius 2 is 2.18 bits per heavy atom. The Hall–Kier alpha value is -1.03. The molecule has 1 heterocycles. The van der Waals surface area contributed by atoms with Gasteiger partial charge in [0.1, 0.15) is 6.10 Å². The molecule has 1 N–H and O–H groups in total. The Morgan fingerprint density at radius 1 is 1.47 bits per heavy atom. The molecule has 0 aliphatic heterocycles. The Labute approximate surface area is 104 Å². The predicted octanol–water partition coefficient (Wildman–Crippen LogP) is 2.45. The van der Waals surface area contributed by atoms with Crippen molar-refractivity contribution < 1.29 is 4.74 Å². The van der Waals surface area contributed by atoms with Crippen molar-refractivity contribution in [1.29, 1.82) is 0 Å². The van der Waals surface area contributed by atoms with Crippen LogP contribution in [0.4, 0.5) is 0 Å². The van der Waals surface area contributed by atoms with Gasteiger partial charge in [-0.25, -0.2) is 0 Å². The van der Waals surface area contributed by atoms with Crippen molar-refractivity contribution in [3.8, 4) is 5.75 Å². The minimum Gasteiger partial charge on any atom is -0.486 e. The van der Waals surface area contributed by atoms with Gasteiger partial charge in [0.15, 0.2) is 5.75 Å². The SMILES string of the molecule is CCn1cc(OC(C)CNC(C)(C)CC)cn1. The number of aromatic nitrogens is 2. The molecule has 0 fully saturated rings. The van der Waals surface area contributed by atoms with Crippen LogP contribution in [0, 0.1) is 0 Å². The summed E-state index contributed by atoms with van der Waals surface area (Å²) in [6.45, 7) is 12.4. The number of rotatable bonds is 7. The fourth-order valence-corrected chi connectivity index (χ4v) is 1.40. The number of nitrogens with one attached hydrogen (secondary N) is 1. The molecular formula is C13H25N3O. The predicted molar refractivity (Wildman–Crippen MR) is 70.4 cm³/mol. The number of hydrogen-bond acceptors (Lipinski definition) is 3. The third-order valence-corrected chi connectivity index (χ3v) is 3.02. The molecule has 4 nitrogen and oxygen atoms in total. The van der Waals surface area contributed by atoms with Crippen LogP contribution in [-0.4, -0.2) is 28.0 Å². The summed E-state index contributed by atoms with van der Waals surface area (Å²) in [7, 11) is 0. The van der Waals surface area contributed by atoms with Gasteiger partial charge in [-0.1, -0.05) is 6.92 Å². The van der Waals surface area contributed by atoms with Gasteiger partial charge in [-0.3, -0.25) is 4.68 Å². The molecule has 1 aromatic rings. The first-order valence-corrected chi connectivity index (χ1v) is 6.41. The third kappa shape index (κ3) is 4.77. The minimum atomic E-state index is 0.148. The van der Waals surface area contributed by atoms with Gasteiger partial charge in [0.2, 0.25) is 0 Å². The van der Waals surface area contributed by atoms with Crippen LogP contribution in [0.2, 0.25) is 0 Å². The maximum atomic E-state index is 5.79. The van der Waals surface area contributed by atoms with Crippen molar-refractivity contribution in [3.05, 3.63) is 12.4 Å². The topological polar surface area (TPSA) is 39.1 Å². The first-order chi connectivity index (χ1) is 7.96. The molecule has 0 saturated carbocycles. The van der Waals surface area contributed by atoms with Gasteiger partial charge in [-0.05, 0) is 34.1 Å². The largest absolute Gasteiger partial charge is 0.486 e. The summed E-state index contributed by atoms with van der Waals surface area (Å²) in [5.74, 6) is 0.843. The maximum Gasteiger partial charge on any atom is 0.157 e. The summed E-state index contributed by atoms with van der Waals surface area (Å²) in [5.41, 5.74) is 0.172. The minimum absolute atomic E-state index is 0.148. The second-order valence-corrected chi connectivity index (χ2v) is 5.08. The lowest BCUT2D eigenvalue weighted by atomic mass is 10.0. The molecule has 0 aliphatic carbocycles. The highest BCUT2D eigenvalue weighted by Gasteiger charge is 2.15. The van der Waals surface area contributed by atoms with E-state index in [0.29, 0.717) is 0 Å². The summed E-state index contributed by atoms with van der Waals surface area (Å²) in [4.78, 5) is 0. The van der Waals surface area contributed by atoms with Crippen LogP contribution in [0.25, 0.3) is 0 Å². The summed E-state index contributed by atoms with van der Waals surface area (Å²) < 4.78 is 7.66. The van der Waals surface area contributed by atoms with Crippen LogP contribution < -0.4 is 10.1 Å². The lowest BCUT2D eigenvalue weighted by Gasteiger charge is -2.26. The van der Waals surface area contributed by atoms with Gasteiger partial charge in [0, 0.05) is 18.6 Å². The molecular weight excluding hydrogens is 214 g/mol. The smallest absolute Gasteiger partial charge is 0.157 e. The monoisotopic (exact) mass is 239 g/mol. The first-order valence-electron chi connectivity index (χ1n) is 6.41. The van der Waals surface area contributed by atoms with E-state index in [-0.39, 0.29) is 11.6 Å². The molecule has 98 valence electrons. The lowest BCUT2D eigenvalue weighted by Crippen LogP contribution is -2.43. The van der Waals surface area contributed by atoms with E-state index in [1.54, 1.807) is 6.20 Å². The molecule has 4 heteroatoms. The van der Waals surface area contributed by atoms with Gasteiger partial charge < -0.3 is 10.1 Å². The van der Waals surface area contributed by atoms with E-state index in [1.165, 1.54) is 0 Å². The Bertz CT molecular complexity index is 333. The molecule has 0 radical (unpaired) electrons. The van der Waals surface area contributed by atoms with E-state index in [4.69, 9.17) is 4.74 Å². The van der Waals surface area contributed by atoms with Crippen LogP contribution in [0.5, 0.6) is 5.75 Å². The molecule has 17 heavy (non-hydrogen) atoms. The van der Waals surface area contributed by atoms with Crippen LogP contribution in [0.15, 0.2) is 12.4 Å². The quantitative estimate of drug-likeness (QED) is 0.794. The normalized spacial score (nSPS) is 13.7. The van der Waals surface area contributed by atoms with Crippen molar-refractivity contribution in [3.63, 3.8) is 0 Å². The van der Waals surface area contributed by atoms with Crippen molar-refractivity contribution in [2.24, 2.45) is 0 Å². The van der Waals surface area contributed by atoms with Gasteiger partial charge in [-0.15, -0.1) is 0 Å². The van der Waals surface area contributed by atoms with E-state index < -0.39 is 0 Å². The molecule has 0 aliphatic rings. The summed E-state index contributed by atoms with van der Waals surface area (Å²) in [6.07, 6.45) is 4.95. The molecule has 0 spiro atoms. The Balaban J connectivity index is 2.36. The Morgan fingerprint density at radius 3 is 2.71 bits per heavy atom. The Kier molecular flexibility index (Phi) is 5.00. The van der Waals surface area contributed by atoms with E-state index in [2.05, 4.69) is 45.0 Å². The summed E-state index contributed by atoms with van der Waals surface area (Å²) >= 11 is 0. The lowest BCUT2D eigenvalue weighted by molar-refractivity contribution is 0.198. The maximum absolute atomic E-state index is 5.79. The van der Waals surface area contributed by atoms with Crippen molar-refractivity contribution in [2.75, 3.05) is 6.54 Å². The second kappa shape index (κ2) is 6.05. The van der Waals surface area contributed by atoms with Crippen LogP contribution >= 0.6 is 0 Å². The molecule has 0 saturated heterocycles. The van der Waals surface area contributed by atoms with Crippen LogP contribution in [0.3, 0.4) is 0 Å². The van der Waals surface area contributed by atoms with E-state index in [1.807, 2.05) is 10.9 Å². The van der Waals surface area contributed by atoms with Crippen LogP contribution in [0.1, 0.15) is 41.0 Å². The average Bonchev–Trinajstić information content (AvgIpc) is 2.74. The molecule has 1 aromatic heterocycles. The highest BCUT2D eigenvalue weighted by molar-refractivity contribution is 5.12. The van der Waals surface area contributed by atoms with Gasteiger partial charge in [0.25, 0.3) is 0 Å². The van der Waals surface area contributed by atoms with Gasteiger partial charge in [0.05, 0.1) is 12.4 Å². The average molecular weight is 239 g/mol. The van der Waals surface area contributed by atoms with Gasteiger partial charge in [-0.2, -0.15) is 5.10 Å². The van der Waals surface area contributed by atoms with Crippen molar-refractivity contribution in [1.82, 2.24) is 15.1 Å². The zero-order valence-electron chi connectivity index (χ0n) is 11.7. The number of nitrogens with zero attached hydrogens (tertiary/aromatic N) is 2. The first kappa shape index (κ1) is 14.0. The molecule has 1 rings (SSSR count). The van der Waals surface area contributed by atoms with Crippen LogP contribution in [-0.2, 0) is 6.54 Å². The second-order valence-electron chi connectivity index (χ2n) is 5.08. The fourth-order valence-electron chi connectivity index (χ4n) is 1.40. The highest BCUT2D eigenvalue weighted by atomic mass is 16.5. The third-order valence-electron chi connectivity index (χ3n) is 3.02. The number of ether oxygens (including phenoxy) is 1. The zero-order chi connectivity index (χ0) is 12.9. The molecule has 0 amide bonds. The summed E-state index contributed by atoms with van der Waals surface area (Å²) in [6, 6.07) is 0. The fraction of sp³-hybridized carbons (Fsp3) is 0.769. The zero-order valence-corrected chi connectivity index (χ0v) is 11.7. The molecule has 0 aromatic carbocycles. The number of hydrogen-bond donors (Lipinski definition) is 1. The number of aryl methyl sites for hydroxylation is 1. The molecule has 1 atom stereocenters. The van der Waals surface area contributed by atoms with E-state index in [0.717, 1.165) is 25.3 Å². The van der Waals surface area contributed by atoms with Crippen molar-refractivity contribution >= 4 is 0 Å².